The van der Waals surface area contributed by atoms with Crippen molar-refractivity contribution in [1.82, 2.24) is 15.1 Å². The van der Waals surface area contributed by atoms with Gasteiger partial charge in [-0.2, -0.15) is 0 Å². The third kappa shape index (κ3) is 7.52. The fraction of sp³-hybridized carbons (Fsp3) is 0.622. The zero-order valence-corrected chi connectivity index (χ0v) is 30.8. The number of ether oxygens (including phenoxy) is 3. The first-order valence-electron chi connectivity index (χ1n) is 17.2. The number of aliphatic hydroxyl groups excluding tert-OH is 1. The zero-order chi connectivity index (χ0) is 36.0. The summed E-state index contributed by atoms with van der Waals surface area (Å²) in [6.07, 6.45) is 3.24. The maximum absolute atomic E-state index is 14.8. The van der Waals surface area contributed by atoms with Crippen molar-refractivity contribution in [2.24, 2.45) is 17.8 Å². The highest BCUT2D eigenvalue weighted by Crippen LogP contribution is 2.61. The number of nitrogens with zero attached hydrogens (tertiary/aromatic N) is 2. The number of carbonyl (C=O) groups is 4. The SMILES string of the molecule is C=CCCC(=O)N[C@H](COC)[C@H](OC(=O)[C@@H]1[C@H]2O[C@@]3(CC2Br)[C@H](C(=O)N(CC=C)C(C)C)N([C@@H](CO)[C@@H](C)CC)C(=O)[C@@H]13)c1ccccc1. The number of rotatable bonds is 18. The van der Waals surface area contributed by atoms with E-state index in [9.17, 15) is 24.3 Å². The van der Waals surface area contributed by atoms with Gasteiger partial charge in [-0.05, 0) is 38.2 Å². The van der Waals surface area contributed by atoms with Crippen LogP contribution in [0.5, 0.6) is 0 Å². The highest BCUT2D eigenvalue weighted by atomic mass is 79.9. The molecule has 2 N–H and O–H groups in total. The van der Waals surface area contributed by atoms with Gasteiger partial charge in [0.05, 0.1) is 43.2 Å². The standard InChI is InChI=1S/C37H52BrN3O8/c1-8-11-17-28(43)39-26(21-47-7)31(24-15-13-12-14-16-24)48-36(46)29-30-34(44)41(27(20-42)23(6)10-3)33(35(45)40(18-9-2)22(4)5)37(30)19-25(38)32(29)49-37/h8-9,12-16,22-23,25-27,29-33,42H,1-2,10-11,17-21H2,3-7H3,(H,39,43)/t23-,25?,26+,27-,29-,30+,31+,32-,33-,37+/m0/s1. The molecule has 2 bridgehead atoms. The van der Waals surface area contributed by atoms with Gasteiger partial charge in [-0.15, -0.1) is 13.2 Å². The summed E-state index contributed by atoms with van der Waals surface area (Å²) >= 11 is 3.73. The van der Waals surface area contributed by atoms with Gasteiger partial charge < -0.3 is 34.4 Å². The summed E-state index contributed by atoms with van der Waals surface area (Å²) in [7, 11) is 1.50. The fourth-order valence-electron chi connectivity index (χ4n) is 7.76. The van der Waals surface area contributed by atoms with E-state index in [1.54, 1.807) is 29.2 Å². The molecule has 3 aliphatic heterocycles. The van der Waals surface area contributed by atoms with E-state index in [-0.39, 0.29) is 54.8 Å². The Morgan fingerprint density at radius 2 is 1.90 bits per heavy atom. The highest BCUT2D eigenvalue weighted by Gasteiger charge is 2.78. The smallest absolute Gasteiger partial charge is 0.313 e. The molecule has 11 nitrogen and oxygen atoms in total. The van der Waals surface area contributed by atoms with E-state index in [1.165, 1.54) is 12.0 Å². The first-order valence-corrected chi connectivity index (χ1v) is 18.1. The Hall–Kier alpha value is -3.06. The molecule has 3 saturated heterocycles. The minimum Gasteiger partial charge on any atom is -0.455 e. The van der Waals surface area contributed by atoms with Crippen LogP contribution in [0.2, 0.25) is 0 Å². The lowest BCUT2D eigenvalue weighted by Crippen LogP contribution is -2.60. The van der Waals surface area contributed by atoms with Crippen LogP contribution in [0.1, 0.15) is 65.0 Å². The molecule has 0 aromatic heterocycles. The van der Waals surface area contributed by atoms with Crippen molar-refractivity contribution in [2.45, 2.75) is 100 Å². The molecule has 1 spiro atoms. The molecule has 10 atom stereocenters. The summed E-state index contributed by atoms with van der Waals surface area (Å²) in [5.74, 6) is -3.87. The summed E-state index contributed by atoms with van der Waals surface area (Å²) in [6.45, 7) is 15.2. The van der Waals surface area contributed by atoms with Crippen LogP contribution in [-0.4, -0.2) is 106 Å². The molecule has 0 aliphatic carbocycles. The molecular formula is C37H52BrN3O8. The van der Waals surface area contributed by atoms with Crippen LogP contribution in [0.25, 0.3) is 0 Å². The van der Waals surface area contributed by atoms with Crippen LogP contribution in [0.3, 0.4) is 0 Å². The van der Waals surface area contributed by atoms with Gasteiger partial charge in [0, 0.05) is 30.9 Å². The van der Waals surface area contributed by atoms with Crippen molar-refractivity contribution < 1.29 is 38.5 Å². The molecule has 3 amide bonds. The van der Waals surface area contributed by atoms with Crippen molar-refractivity contribution in [3.8, 4) is 0 Å². The molecule has 3 aliphatic rings. The Balaban J connectivity index is 1.78. The molecule has 49 heavy (non-hydrogen) atoms. The Bertz CT molecular complexity index is 1360. The summed E-state index contributed by atoms with van der Waals surface area (Å²) in [6, 6.07) is 6.37. The second kappa shape index (κ2) is 16.8. The monoisotopic (exact) mass is 745 g/mol. The molecule has 270 valence electrons. The van der Waals surface area contributed by atoms with Gasteiger partial charge in [-0.3, -0.25) is 19.2 Å². The average molecular weight is 747 g/mol. The number of alkyl halides is 1. The average Bonchev–Trinajstić information content (AvgIpc) is 3.68. The molecule has 1 aromatic rings. The first-order chi connectivity index (χ1) is 23.4. The van der Waals surface area contributed by atoms with Crippen LogP contribution in [-0.2, 0) is 33.4 Å². The van der Waals surface area contributed by atoms with Crippen molar-refractivity contribution >= 4 is 39.6 Å². The van der Waals surface area contributed by atoms with E-state index in [0.717, 1.165) is 0 Å². The lowest BCUT2D eigenvalue weighted by molar-refractivity contribution is -0.163. The number of esters is 1. The highest BCUT2D eigenvalue weighted by molar-refractivity contribution is 9.09. The van der Waals surface area contributed by atoms with E-state index in [2.05, 4.69) is 34.4 Å². The minimum absolute atomic E-state index is 0.0520. The first kappa shape index (κ1) is 38.7. The van der Waals surface area contributed by atoms with Gasteiger partial charge in [-0.1, -0.05) is 78.7 Å². The van der Waals surface area contributed by atoms with E-state index in [1.807, 2.05) is 45.9 Å². The number of likely N-dealkylation sites (tertiary alicyclic amines) is 1. The third-order valence-corrected chi connectivity index (χ3v) is 11.2. The molecule has 0 saturated carbocycles. The number of aliphatic hydroxyl groups is 1. The Morgan fingerprint density at radius 3 is 2.47 bits per heavy atom. The molecule has 1 aromatic carbocycles. The molecule has 3 fully saturated rings. The second-order valence-corrected chi connectivity index (χ2v) is 14.8. The van der Waals surface area contributed by atoms with Crippen molar-refractivity contribution in [3.05, 3.63) is 61.2 Å². The van der Waals surface area contributed by atoms with Gasteiger partial charge >= 0.3 is 5.97 Å². The van der Waals surface area contributed by atoms with Crippen molar-refractivity contribution in [2.75, 3.05) is 26.9 Å². The Labute approximate surface area is 298 Å². The van der Waals surface area contributed by atoms with Crippen LogP contribution in [0, 0.1) is 17.8 Å². The topological polar surface area (TPSA) is 135 Å². The van der Waals surface area contributed by atoms with Crippen LogP contribution in [0.15, 0.2) is 55.6 Å². The van der Waals surface area contributed by atoms with E-state index in [4.69, 9.17) is 14.2 Å². The number of hydrogen-bond donors (Lipinski definition) is 2. The van der Waals surface area contributed by atoms with E-state index < -0.39 is 59.6 Å². The molecule has 1 unspecified atom stereocenters. The van der Waals surface area contributed by atoms with Crippen LogP contribution < -0.4 is 5.32 Å². The van der Waals surface area contributed by atoms with Gasteiger partial charge in [0.25, 0.3) is 0 Å². The summed E-state index contributed by atoms with van der Waals surface area (Å²) in [5, 5.41) is 13.6. The number of carbonyl (C=O) groups excluding carboxylic acids is 4. The predicted octanol–water partition coefficient (Wildman–Crippen LogP) is 3.95. The van der Waals surface area contributed by atoms with Crippen LogP contribution in [0.4, 0.5) is 0 Å². The maximum atomic E-state index is 14.8. The van der Waals surface area contributed by atoms with Gasteiger partial charge in [0.15, 0.2) is 0 Å². The van der Waals surface area contributed by atoms with E-state index >= 15 is 0 Å². The predicted molar refractivity (Wildman–Crippen MR) is 188 cm³/mol. The lowest BCUT2D eigenvalue weighted by atomic mass is 9.70. The molecule has 4 rings (SSSR count). The number of fused-ring (bicyclic) bond motifs is 1. The molecule has 0 radical (unpaired) electrons. The zero-order valence-electron chi connectivity index (χ0n) is 29.3. The summed E-state index contributed by atoms with van der Waals surface area (Å²) in [4.78, 5) is 59.6. The number of benzene rings is 1. The minimum atomic E-state index is -1.33. The summed E-state index contributed by atoms with van der Waals surface area (Å²) in [5.41, 5.74) is -0.698. The molecule has 12 heteroatoms. The van der Waals surface area contributed by atoms with Gasteiger partial charge in [-0.25, -0.2) is 0 Å². The normalized spacial score (nSPS) is 28.0. The van der Waals surface area contributed by atoms with Crippen molar-refractivity contribution in [1.29, 1.82) is 0 Å². The Kier molecular flexibility index (Phi) is 13.3. The van der Waals surface area contributed by atoms with Gasteiger partial charge in [0.1, 0.15) is 17.7 Å². The second-order valence-electron chi connectivity index (χ2n) is 13.6. The number of amides is 3. The van der Waals surface area contributed by atoms with Gasteiger partial charge in [0.2, 0.25) is 17.7 Å². The number of hydrogen-bond acceptors (Lipinski definition) is 8. The van der Waals surface area contributed by atoms with Crippen molar-refractivity contribution in [3.63, 3.8) is 0 Å². The number of methoxy groups -OCH3 is 1. The largest absolute Gasteiger partial charge is 0.455 e. The number of halogens is 1. The quantitative estimate of drug-likeness (QED) is 0.131. The maximum Gasteiger partial charge on any atom is 0.313 e. The third-order valence-electron chi connectivity index (χ3n) is 10.3. The summed E-state index contributed by atoms with van der Waals surface area (Å²) < 4.78 is 18.5. The van der Waals surface area contributed by atoms with Crippen LogP contribution >= 0.6 is 15.9 Å². The number of nitrogens with one attached hydrogen (secondary N) is 1. The lowest BCUT2D eigenvalue weighted by Gasteiger charge is -2.41. The van der Waals surface area contributed by atoms with E-state index in [0.29, 0.717) is 24.8 Å². The Morgan fingerprint density at radius 1 is 1.20 bits per heavy atom. The fourth-order valence-corrected chi connectivity index (χ4v) is 8.71. The number of allylic oxidation sites excluding steroid dienone is 1. The molecule has 3 heterocycles. The molecular weight excluding hydrogens is 694 g/mol.